The molecular weight excluding hydrogens is 631 g/mol. The zero-order chi connectivity index (χ0) is 33.5. The molecule has 0 atom stereocenters. The molecule has 0 amide bonds. The van der Waals surface area contributed by atoms with Crippen molar-refractivity contribution in [2.45, 2.75) is 0 Å². The summed E-state index contributed by atoms with van der Waals surface area (Å²) in [6.07, 6.45) is 0. The molecule has 7 aromatic carbocycles. The maximum atomic E-state index is 6.64. The van der Waals surface area contributed by atoms with Crippen molar-refractivity contribution in [3.05, 3.63) is 152 Å². The summed E-state index contributed by atoms with van der Waals surface area (Å²) in [4.78, 5) is 15.1. The lowest BCUT2D eigenvalue weighted by atomic mass is 10.00. The van der Waals surface area contributed by atoms with Crippen LogP contribution in [0, 0.1) is 0 Å². The number of rotatable bonds is 4. The smallest absolute Gasteiger partial charge is 0.167 e. The van der Waals surface area contributed by atoms with Gasteiger partial charge >= 0.3 is 0 Å². The molecule has 6 heteroatoms. The van der Waals surface area contributed by atoms with E-state index in [1.165, 1.54) is 0 Å². The Morgan fingerprint density at radius 1 is 0.294 bits per heavy atom. The van der Waals surface area contributed by atoms with Gasteiger partial charge in [0.05, 0.1) is 5.56 Å². The molecule has 51 heavy (non-hydrogen) atoms. The Kier molecular flexibility index (Phi) is 5.86. The van der Waals surface area contributed by atoms with E-state index in [9.17, 15) is 0 Å². The van der Waals surface area contributed by atoms with Gasteiger partial charge in [0.1, 0.15) is 33.5 Å². The fraction of sp³-hybridized carbons (Fsp3) is 0. The first-order valence-corrected chi connectivity index (χ1v) is 16.8. The van der Waals surface area contributed by atoms with E-state index in [4.69, 9.17) is 28.2 Å². The molecule has 4 aromatic heterocycles. The lowest BCUT2D eigenvalue weighted by Gasteiger charge is -2.10. The van der Waals surface area contributed by atoms with Gasteiger partial charge in [0.25, 0.3) is 0 Å². The predicted octanol–water partition coefficient (Wildman–Crippen LogP) is 12.2. The van der Waals surface area contributed by atoms with Gasteiger partial charge < -0.3 is 13.3 Å². The standard InChI is InChI=1S/C45H25N3O3/c1-2-11-26(12-3-1)43-46-44(48-45(47-43)34-20-10-18-32-30-15-4-7-22-38(30)50-42(32)34)28-14-8-13-27(23-28)29-17-9-19-33-36-25-39-35(24-40(36)51-41(29)33)31-16-5-6-21-37(31)49-39/h1-25H. The minimum absolute atomic E-state index is 0.546. The fourth-order valence-corrected chi connectivity index (χ4v) is 7.33. The highest BCUT2D eigenvalue weighted by atomic mass is 16.3. The monoisotopic (exact) mass is 655 g/mol. The topological polar surface area (TPSA) is 78.1 Å². The molecule has 0 unspecified atom stereocenters. The molecule has 0 saturated carbocycles. The molecule has 4 heterocycles. The normalized spacial score (nSPS) is 11.9. The average Bonchev–Trinajstić information content (AvgIpc) is 3.88. The van der Waals surface area contributed by atoms with E-state index >= 15 is 0 Å². The van der Waals surface area contributed by atoms with Crippen molar-refractivity contribution in [2.75, 3.05) is 0 Å². The number of furan rings is 3. The van der Waals surface area contributed by atoms with Crippen molar-refractivity contribution in [3.63, 3.8) is 0 Å². The molecule has 0 saturated heterocycles. The average molecular weight is 656 g/mol. The third-order valence-corrected chi connectivity index (χ3v) is 9.74. The van der Waals surface area contributed by atoms with Gasteiger partial charge in [-0.2, -0.15) is 0 Å². The summed E-state index contributed by atoms with van der Waals surface area (Å²) in [6.45, 7) is 0. The first-order valence-electron chi connectivity index (χ1n) is 16.8. The zero-order valence-corrected chi connectivity index (χ0v) is 27.0. The molecule has 0 aliphatic carbocycles. The SMILES string of the molecule is c1ccc(-c2nc(-c3cccc(-c4cccc5c4oc4cc6c(cc45)oc4ccccc46)c3)nc(-c3cccc4c3oc3ccccc34)n2)cc1. The van der Waals surface area contributed by atoms with Gasteiger partial charge in [0.15, 0.2) is 17.5 Å². The lowest BCUT2D eigenvalue weighted by molar-refractivity contribution is 0.664. The fourth-order valence-electron chi connectivity index (χ4n) is 7.33. The van der Waals surface area contributed by atoms with Gasteiger partial charge in [0.2, 0.25) is 0 Å². The summed E-state index contributed by atoms with van der Waals surface area (Å²) < 4.78 is 19.2. The van der Waals surface area contributed by atoms with Gasteiger partial charge in [-0.1, -0.05) is 115 Å². The van der Waals surface area contributed by atoms with Crippen molar-refractivity contribution in [1.82, 2.24) is 15.0 Å². The first-order chi connectivity index (χ1) is 25.2. The number of benzene rings is 7. The summed E-state index contributed by atoms with van der Waals surface area (Å²) in [5.41, 5.74) is 9.48. The van der Waals surface area contributed by atoms with E-state index in [1.807, 2.05) is 91.0 Å². The highest BCUT2D eigenvalue weighted by molar-refractivity contribution is 6.16. The Hall–Kier alpha value is -7.05. The van der Waals surface area contributed by atoms with Crippen LogP contribution in [0.3, 0.4) is 0 Å². The van der Waals surface area contributed by atoms with E-state index < -0.39 is 0 Å². The van der Waals surface area contributed by atoms with E-state index in [-0.39, 0.29) is 0 Å². The van der Waals surface area contributed by atoms with Crippen LogP contribution < -0.4 is 0 Å². The second-order valence-electron chi connectivity index (χ2n) is 12.8. The van der Waals surface area contributed by atoms with Gasteiger partial charge in [-0.3, -0.25) is 0 Å². The number of hydrogen-bond donors (Lipinski definition) is 0. The van der Waals surface area contributed by atoms with Gasteiger partial charge in [0, 0.05) is 49.0 Å². The van der Waals surface area contributed by atoms with Crippen LogP contribution in [0.15, 0.2) is 165 Å². The Morgan fingerprint density at radius 2 is 0.784 bits per heavy atom. The van der Waals surface area contributed by atoms with E-state index in [0.717, 1.165) is 93.6 Å². The quantitative estimate of drug-likeness (QED) is 0.188. The molecule has 0 radical (unpaired) electrons. The van der Waals surface area contributed by atoms with Crippen molar-refractivity contribution >= 4 is 65.8 Å². The first kappa shape index (κ1) is 27.9. The predicted molar refractivity (Wildman–Crippen MR) is 203 cm³/mol. The van der Waals surface area contributed by atoms with Crippen LogP contribution in [0.25, 0.3) is 111 Å². The molecule has 11 rings (SSSR count). The molecule has 0 aliphatic rings. The van der Waals surface area contributed by atoms with E-state index in [0.29, 0.717) is 17.5 Å². The third-order valence-electron chi connectivity index (χ3n) is 9.74. The summed E-state index contributed by atoms with van der Waals surface area (Å²) in [5.74, 6) is 1.70. The second-order valence-corrected chi connectivity index (χ2v) is 12.8. The summed E-state index contributed by atoms with van der Waals surface area (Å²) in [7, 11) is 0. The lowest BCUT2D eigenvalue weighted by Crippen LogP contribution is -2.00. The minimum atomic E-state index is 0.546. The molecule has 6 nitrogen and oxygen atoms in total. The van der Waals surface area contributed by atoms with Crippen molar-refractivity contribution in [3.8, 4) is 45.3 Å². The van der Waals surface area contributed by atoms with E-state index in [2.05, 4.69) is 60.7 Å². The Bertz CT molecular complexity index is 3150. The van der Waals surface area contributed by atoms with Crippen LogP contribution in [0.2, 0.25) is 0 Å². The van der Waals surface area contributed by atoms with Crippen molar-refractivity contribution in [2.24, 2.45) is 0 Å². The van der Waals surface area contributed by atoms with E-state index in [1.54, 1.807) is 0 Å². The minimum Gasteiger partial charge on any atom is -0.456 e. The van der Waals surface area contributed by atoms with Gasteiger partial charge in [-0.15, -0.1) is 0 Å². The van der Waals surface area contributed by atoms with Crippen LogP contribution >= 0.6 is 0 Å². The van der Waals surface area contributed by atoms with Crippen molar-refractivity contribution in [1.29, 1.82) is 0 Å². The maximum Gasteiger partial charge on any atom is 0.167 e. The molecule has 238 valence electrons. The molecule has 0 N–H and O–H groups in total. The molecule has 0 bridgehead atoms. The highest BCUT2D eigenvalue weighted by Gasteiger charge is 2.19. The Labute approximate surface area is 290 Å². The molecule has 0 spiro atoms. The number of aromatic nitrogens is 3. The zero-order valence-electron chi connectivity index (χ0n) is 27.0. The number of fused-ring (bicyclic) bond motifs is 9. The van der Waals surface area contributed by atoms with Crippen LogP contribution in [0.5, 0.6) is 0 Å². The number of hydrogen-bond acceptors (Lipinski definition) is 6. The van der Waals surface area contributed by atoms with Gasteiger partial charge in [-0.05, 0) is 42.0 Å². The molecular formula is C45H25N3O3. The Balaban J connectivity index is 1.08. The molecule has 0 aliphatic heterocycles. The third kappa shape index (κ3) is 4.33. The van der Waals surface area contributed by atoms with Crippen LogP contribution in [0.1, 0.15) is 0 Å². The van der Waals surface area contributed by atoms with Crippen LogP contribution in [0.4, 0.5) is 0 Å². The summed E-state index contributed by atoms with van der Waals surface area (Å²) in [5, 5.41) is 6.24. The van der Waals surface area contributed by atoms with Gasteiger partial charge in [-0.25, -0.2) is 15.0 Å². The maximum absolute atomic E-state index is 6.64. The van der Waals surface area contributed by atoms with Crippen molar-refractivity contribution < 1.29 is 13.3 Å². The largest absolute Gasteiger partial charge is 0.456 e. The number of para-hydroxylation sites is 4. The summed E-state index contributed by atoms with van der Waals surface area (Å²) in [6, 6.07) is 51.1. The summed E-state index contributed by atoms with van der Waals surface area (Å²) >= 11 is 0. The number of nitrogens with zero attached hydrogens (tertiary/aromatic N) is 3. The Morgan fingerprint density at radius 3 is 1.59 bits per heavy atom. The second kappa shape index (κ2) is 10.7. The van der Waals surface area contributed by atoms with Crippen LogP contribution in [-0.2, 0) is 0 Å². The van der Waals surface area contributed by atoms with Crippen LogP contribution in [-0.4, -0.2) is 15.0 Å². The highest BCUT2D eigenvalue weighted by Crippen LogP contribution is 2.41. The molecule has 11 aromatic rings. The molecule has 0 fully saturated rings.